The SMILES string of the molecule is CCN(C(=O)OC(C)(C)C)C1(C(=O)O)CCC(C)(C)C1. The third kappa shape index (κ3) is 3.44. The molecule has 20 heavy (non-hydrogen) atoms. The van der Waals surface area contributed by atoms with Crippen molar-refractivity contribution >= 4 is 12.1 Å². The second kappa shape index (κ2) is 5.26. The van der Waals surface area contributed by atoms with E-state index in [9.17, 15) is 14.7 Å². The zero-order valence-electron chi connectivity index (χ0n) is 13.4. The number of carbonyl (C=O) groups is 2. The molecular formula is C15H27NO4. The third-order valence-electron chi connectivity index (χ3n) is 3.83. The van der Waals surface area contributed by atoms with Crippen molar-refractivity contribution in [3.8, 4) is 0 Å². The van der Waals surface area contributed by atoms with Gasteiger partial charge in [-0.05, 0) is 52.4 Å². The molecule has 5 heteroatoms. The molecule has 1 aliphatic rings. The highest BCUT2D eigenvalue weighted by Gasteiger charge is 2.54. The van der Waals surface area contributed by atoms with Crippen molar-refractivity contribution in [3.63, 3.8) is 0 Å². The van der Waals surface area contributed by atoms with Crippen molar-refractivity contribution in [2.45, 2.75) is 71.9 Å². The number of carbonyl (C=O) groups excluding carboxylic acids is 1. The highest BCUT2D eigenvalue weighted by Crippen LogP contribution is 2.47. The minimum atomic E-state index is -1.14. The molecule has 1 rings (SSSR count). The Hall–Kier alpha value is -1.26. The second-order valence-electron chi connectivity index (χ2n) is 7.40. The van der Waals surface area contributed by atoms with Crippen LogP contribution in [0.4, 0.5) is 4.79 Å². The molecule has 1 atom stereocenters. The van der Waals surface area contributed by atoms with Crippen LogP contribution in [0, 0.1) is 5.41 Å². The van der Waals surface area contributed by atoms with Gasteiger partial charge in [0.25, 0.3) is 0 Å². The van der Waals surface area contributed by atoms with Crippen LogP contribution in [0.1, 0.15) is 60.8 Å². The Morgan fingerprint density at radius 1 is 1.25 bits per heavy atom. The van der Waals surface area contributed by atoms with Gasteiger partial charge in [0.2, 0.25) is 0 Å². The van der Waals surface area contributed by atoms with Gasteiger partial charge in [0, 0.05) is 6.54 Å². The fourth-order valence-corrected chi connectivity index (χ4v) is 2.97. The van der Waals surface area contributed by atoms with E-state index >= 15 is 0 Å². The smallest absolute Gasteiger partial charge is 0.411 e. The Morgan fingerprint density at radius 3 is 2.10 bits per heavy atom. The number of hydrogen-bond donors (Lipinski definition) is 1. The predicted octanol–water partition coefficient (Wildman–Crippen LogP) is 3.28. The Bertz CT molecular complexity index is 397. The summed E-state index contributed by atoms with van der Waals surface area (Å²) in [4.78, 5) is 25.6. The molecule has 0 aromatic carbocycles. The zero-order chi connectivity index (χ0) is 15.8. The van der Waals surface area contributed by atoms with Crippen molar-refractivity contribution in [3.05, 3.63) is 0 Å². The van der Waals surface area contributed by atoms with E-state index in [0.29, 0.717) is 19.4 Å². The van der Waals surface area contributed by atoms with Crippen molar-refractivity contribution in [1.82, 2.24) is 4.90 Å². The van der Waals surface area contributed by atoms with Gasteiger partial charge in [-0.3, -0.25) is 4.90 Å². The first kappa shape index (κ1) is 16.8. The summed E-state index contributed by atoms with van der Waals surface area (Å²) in [5, 5.41) is 9.70. The third-order valence-corrected chi connectivity index (χ3v) is 3.83. The number of rotatable bonds is 3. The lowest BCUT2D eigenvalue weighted by Crippen LogP contribution is -2.56. The van der Waals surface area contributed by atoms with Crippen LogP contribution in [0.15, 0.2) is 0 Å². The van der Waals surface area contributed by atoms with Gasteiger partial charge in [0.05, 0.1) is 0 Å². The van der Waals surface area contributed by atoms with Crippen LogP contribution in [0.25, 0.3) is 0 Å². The number of aliphatic carboxylic acids is 1. The van der Waals surface area contributed by atoms with Gasteiger partial charge < -0.3 is 9.84 Å². The average Bonchev–Trinajstić information content (AvgIpc) is 2.54. The molecule has 1 saturated carbocycles. The number of hydrogen-bond acceptors (Lipinski definition) is 3. The normalized spacial score (nSPS) is 25.3. The van der Waals surface area contributed by atoms with Crippen LogP contribution in [-0.4, -0.2) is 39.8 Å². The quantitative estimate of drug-likeness (QED) is 0.864. The van der Waals surface area contributed by atoms with E-state index in [1.807, 2.05) is 13.8 Å². The van der Waals surface area contributed by atoms with Crippen LogP contribution < -0.4 is 0 Å². The number of carboxylic acids is 1. The predicted molar refractivity (Wildman–Crippen MR) is 76.6 cm³/mol. The summed E-state index contributed by atoms with van der Waals surface area (Å²) in [6.45, 7) is 11.6. The van der Waals surface area contributed by atoms with Crippen LogP contribution in [0.5, 0.6) is 0 Å². The average molecular weight is 285 g/mol. The summed E-state index contributed by atoms with van der Waals surface area (Å²) >= 11 is 0. The van der Waals surface area contributed by atoms with Gasteiger partial charge in [-0.2, -0.15) is 0 Å². The lowest BCUT2D eigenvalue weighted by molar-refractivity contribution is -0.151. The van der Waals surface area contributed by atoms with Gasteiger partial charge in [0.1, 0.15) is 11.1 Å². The highest BCUT2D eigenvalue weighted by molar-refractivity contribution is 5.85. The van der Waals surface area contributed by atoms with E-state index < -0.39 is 23.2 Å². The molecule has 1 fully saturated rings. The topological polar surface area (TPSA) is 66.8 Å². The number of ether oxygens (including phenoxy) is 1. The van der Waals surface area contributed by atoms with E-state index in [2.05, 4.69) is 0 Å². The maximum atomic E-state index is 12.3. The first-order valence-electron chi connectivity index (χ1n) is 7.17. The minimum Gasteiger partial charge on any atom is -0.479 e. The largest absolute Gasteiger partial charge is 0.479 e. The molecule has 1 amide bonds. The molecule has 0 saturated heterocycles. The van der Waals surface area contributed by atoms with E-state index in [1.54, 1.807) is 27.7 Å². The van der Waals surface area contributed by atoms with Crippen LogP contribution in [0.3, 0.4) is 0 Å². The van der Waals surface area contributed by atoms with E-state index in [1.165, 1.54) is 4.90 Å². The summed E-state index contributed by atoms with van der Waals surface area (Å²) in [6, 6.07) is 0. The van der Waals surface area contributed by atoms with E-state index in [0.717, 1.165) is 6.42 Å². The molecule has 0 aromatic heterocycles. The second-order valence-corrected chi connectivity index (χ2v) is 7.40. The number of carboxylic acid groups (broad SMARTS) is 1. The van der Waals surface area contributed by atoms with E-state index in [-0.39, 0.29) is 5.41 Å². The molecule has 116 valence electrons. The summed E-state index contributed by atoms with van der Waals surface area (Å²) in [6.07, 6.45) is 1.18. The molecular weight excluding hydrogens is 258 g/mol. The first-order chi connectivity index (χ1) is 8.93. The Morgan fingerprint density at radius 2 is 1.80 bits per heavy atom. The number of likely N-dealkylation sites (N-methyl/N-ethyl adjacent to an activating group) is 1. The number of nitrogens with zero attached hydrogens (tertiary/aromatic N) is 1. The summed E-state index contributed by atoms with van der Waals surface area (Å²) in [7, 11) is 0. The lowest BCUT2D eigenvalue weighted by atomic mass is 9.87. The van der Waals surface area contributed by atoms with Gasteiger partial charge >= 0.3 is 12.1 Å². The molecule has 1 unspecified atom stereocenters. The first-order valence-corrected chi connectivity index (χ1v) is 7.17. The monoisotopic (exact) mass is 285 g/mol. The molecule has 1 aliphatic carbocycles. The Kier molecular flexibility index (Phi) is 4.42. The molecule has 0 heterocycles. The van der Waals surface area contributed by atoms with Gasteiger partial charge in [0.15, 0.2) is 0 Å². The van der Waals surface area contributed by atoms with Crippen molar-refractivity contribution < 1.29 is 19.4 Å². The fourth-order valence-electron chi connectivity index (χ4n) is 2.97. The Labute approximate surface area is 121 Å². The molecule has 0 aromatic rings. The Balaban J connectivity index is 3.06. The van der Waals surface area contributed by atoms with Crippen LogP contribution in [0.2, 0.25) is 0 Å². The van der Waals surface area contributed by atoms with E-state index in [4.69, 9.17) is 4.74 Å². The van der Waals surface area contributed by atoms with Crippen molar-refractivity contribution in [1.29, 1.82) is 0 Å². The van der Waals surface area contributed by atoms with Crippen molar-refractivity contribution in [2.75, 3.05) is 6.54 Å². The summed E-state index contributed by atoms with van der Waals surface area (Å²) in [5.74, 6) is -0.934. The van der Waals surface area contributed by atoms with Crippen LogP contribution >= 0.6 is 0 Å². The maximum Gasteiger partial charge on any atom is 0.411 e. The fraction of sp³-hybridized carbons (Fsp3) is 0.867. The minimum absolute atomic E-state index is 0.0756. The molecule has 1 N–H and O–H groups in total. The molecule has 5 nitrogen and oxygen atoms in total. The standard InChI is InChI=1S/C15H27NO4/c1-7-16(12(19)20-13(2,3)4)15(11(17)18)9-8-14(5,6)10-15/h7-10H2,1-6H3,(H,17,18). The van der Waals surface area contributed by atoms with Crippen molar-refractivity contribution in [2.24, 2.45) is 5.41 Å². The molecule has 0 radical (unpaired) electrons. The van der Waals surface area contributed by atoms with Gasteiger partial charge in [-0.25, -0.2) is 9.59 Å². The molecule has 0 bridgehead atoms. The zero-order valence-corrected chi connectivity index (χ0v) is 13.4. The molecule has 0 aliphatic heterocycles. The van der Waals surface area contributed by atoms with Gasteiger partial charge in [-0.1, -0.05) is 13.8 Å². The van der Waals surface area contributed by atoms with Crippen LogP contribution in [-0.2, 0) is 9.53 Å². The lowest BCUT2D eigenvalue weighted by Gasteiger charge is -2.38. The summed E-state index contributed by atoms with van der Waals surface area (Å²) in [5.41, 5.74) is -1.84. The highest BCUT2D eigenvalue weighted by atomic mass is 16.6. The summed E-state index contributed by atoms with van der Waals surface area (Å²) < 4.78 is 5.37. The molecule has 0 spiro atoms. The van der Waals surface area contributed by atoms with Gasteiger partial charge in [-0.15, -0.1) is 0 Å². The maximum absolute atomic E-state index is 12.3. The number of amides is 1.